The molecule has 0 aliphatic carbocycles. The third kappa shape index (κ3) is 7.75. The smallest absolute Gasteiger partial charge is 0.187 e. The van der Waals surface area contributed by atoms with E-state index in [4.69, 9.17) is 33.2 Å². The summed E-state index contributed by atoms with van der Waals surface area (Å²) in [5.41, 5.74) is 0. The Labute approximate surface area is 254 Å². The largest absolute Gasteiger partial charge is 0.394 e. The number of hydrogen-bond donors (Lipinski definition) is 14. The van der Waals surface area contributed by atoms with Crippen LogP contribution in [0.5, 0.6) is 0 Å². The van der Waals surface area contributed by atoms with Crippen molar-refractivity contribution >= 4 is 0 Å². The van der Waals surface area contributed by atoms with Crippen molar-refractivity contribution in [2.24, 2.45) is 0 Å². The van der Waals surface area contributed by atoms with Crippen LogP contribution < -0.4 is 0 Å². The summed E-state index contributed by atoms with van der Waals surface area (Å²) in [7, 11) is 0. The van der Waals surface area contributed by atoms with Gasteiger partial charge in [-0.15, -0.1) is 0 Å². The summed E-state index contributed by atoms with van der Waals surface area (Å²) in [5.74, 6) is 0. The van der Waals surface area contributed by atoms with Crippen LogP contribution in [0.4, 0.5) is 0 Å². The topological polar surface area (TPSA) is 348 Å². The summed E-state index contributed by atoms with van der Waals surface area (Å²) in [6.45, 7) is -2.99. The van der Waals surface area contributed by atoms with E-state index in [2.05, 4.69) is 0 Å². The Bertz CT molecular complexity index is 912. The molecule has 4 fully saturated rings. The predicted molar refractivity (Wildman–Crippen MR) is 134 cm³/mol. The summed E-state index contributed by atoms with van der Waals surface area (Å²) in [5, 5.41) is 141. The molecule has 264 valence electrons. The lowest BCUT2D eigenvalue weighted by atomic mass is 9.97. The molecule has 1 unspecified atom stereocenters. The number of ether oxygens (including phenoxy) is 7. The average molecular weight is 667 g/mol. The molecule has 4 aliphatic heterocycles. The molecule has 20 atom stereocenters. The van der Waals surface area contributed by atoms with Crippen LogP contribution in [0.2, 0.25) is 0 Å². The molecule has 0 aromatic heterocycles. The Morgan fingerprint density at radius 3 is 1.33 bits per heavy atom. The average Bonchev–Trinajstić information content (AvgIpc) is 3.03. The highest BCUT2D eigenvalue weighted by Gasteiger charge is 2.53. The molecular formula is C24H42O21. The van der Waals surface area contributed by atoms with Gasteiger partial charge in [-0.25, -0.2) is 0 Å². The van der Waals surface area contributed by atoms with Gasteiger partial charge in [0.15, 0.2) is 25.2 Å². The summed E-state index contributed by atoms with van der Waals surface area (Å²) < 4.78 is 37.9. The second-order valence-corrected chi connectivity index (χ2v) is 11.2. The molecule has 0 aromatic rings. The molecule has 0 bridgehead atoms. The van der Waals surface area contributed by atoms with Crippen molar-refractivity contribution in [2.45, 2.75) is 123 Å². The van der Waals surface area contributed by atoms with Crippen molar-refractivity contribution in [1.82, 2.24) is 0 Å². The van der Waals surface area contributed by atoms with E-state index in [0.29, 0.717) is 0 Å². The molecule has 14 N–H and O–H groups in total. The maximum Gasteiger partial charge on any atom is 0.187 e. The SMILES string of the molecule is OC[C@H]1O[C@H](OC[C@H]2O[C@H](OC[C@H]3OC(O)[C@@H](O)[C@@H](O)[C@@H]3O)[C@@H](O[C@H]3O[C@H](CO)[C@@H](O)[C@H](O)[C@@H]3O)[C@@H](O)[C@@H]2O)[C@@H](O)[C@@H](O)[C@@H]1O. The highest BCUT2D eigenvalue weighted by atomic mass is 16.8. The Morgan fingerprint density at radius 2 is 0.778 bits per heavy atom. The predicted octanol–water partition coefficient (Wildman–Crippen LogP) is -9.75. The minimum Gasteiger partial charge on any atom is -0.394 e. The summed E-state index contributed by atoms with van der Waals surface area (Å²) in [4.78, 5) is 0. The van der Waals surface area contributed by atoms with E-state index in [1.165, 1.54) is 0 Å². The summed E-state index contributed by atoms with van der Waals surface area (Å²) >= 11 is 0. The van der Waals surface area contributed by atoms with Gasteiger partial charge in [0.25, 0.3) is 0 Å². The molecule has 4 aliphatic rings. The monoisotopic (exact) mass is 666 g/mol. The van der Waals surface area contributed by atoms with Gasteiger partial charge in [0.2, 0.25) is 0 Å². The molecule has 45 heavy (non-hydrogen) atoms. The highest BCUT2D eigenvalue weighted by Crippen LogP contribution is 2.31. The van der Waals surface area contributed by atoms with Crippen molar-refractivity contribution in [2.75, 3.05) is 26.4 Å². The van der Waals surface area contributed by atoms with Gasteiger partial charge in [0.1, 0.15) is 97.7 Å². The first-order chi connectivity index (χ1) is 21.2. The molecule has 4 rings (SSSR count). The van der Waals surface area contributed by atoms with Crippen LogP contribution in [0.1, 0.15) is 0 Å². The molecule has 21 heteroatoms. The minimum atomic E-state index is -1.98. The first kappa shape index (κ1) is 37.0. The fourth-order valence-corrected chi connectivity index (χ4v) is 5.31. The first-order valence-corrected chi connectivity index (χ1v) is 14.1. The summed E-state index contributed by atoms with van der Waals surface area (Å²) in [6.07, 6.45) is -35.1. The fourth-order valence-electron chi connectivity index (χ4n) is 5.31. The Morgan fingerprint density at radius 1 is 0.378 bits per heavy atom. The molecule has 0 spiro atoms. The second-order valence-electron chi connectivity index (χ2n) is 11.2. The molecular weight excluding hydrogens is 624 g/mol. The van der Waals surface area contributed by atoms with Gasteiger partial charge in [0.05, 0.1) is 26.4 Å². The van der Waals surface area contributed by atoms with Crippen molar-refractivity contribution < 1.29 is 105 Å². The Balaban J connectivity index is 1.50. The van der Waals surface area contributed by atoms with Crippen LogP contribution in [0.15, 0.2) is 0 Å². The fraction of sp³-hybridized carbons (Fsp3) is 1.00. The molecule has 0 saturated carbocycles. The van der Waals surface area contributed by atoms with Gasteiger partial charge in [-0.3, -0.25) is 0 Å². The van der Waals surface area contributed by atoms with E-state index in [-0.39, 0.29) is 0 Å². The summed E-state index contributed by atoms with van der Waals surface area (Å²) in [6, 6.07) is 0. The number of aliphatic hydroxyl groups is 14. The molecule has 0 radical (unpaired) electrons. The van der Waals surface area contributed by atoms with Gasteiger partial charge < -0.3 is 105 Å². The van der Waals surface area contributed by atoms with Gasteiger partial charge in [0, 0.05) is 0 Å². The third-order valence-corrected chi connectivity index (χ3v) is 8.17. The van der Waals surface area contributed by atoms with E-state index in [0.717, 1.165) is 0 Å². The number of rotatable bonds is 10. The highest BCUT2D eigenvalue weighted by molar-refractivity contribution is 4.95. The van der Waals surface area contributed by atoms with Crippen LogP contribution in [-0.2, 0) is 33.2 Å². The van der Waals surface area contributed by atoms with Gasteiger partial charge in [-0.05, 0) is 0 Å². The Kier molecular flexibility index (Phi) is 12.8. The zero-order valence-electron chi connectivity index (χ0n) is 23.5. The Hall–Kier alpha value is -0.840. The van der Waals surface area contributed by atoms with E-state index >= 15 is 0 Å². The van der Waals surface area contributed by atoms with Crippen LogP contribution in [0.25, 0.3) is 0 Å². The maximum absolute atomic E-state index is 11.0. The van der Waals surface area contributed by atoms with Crippen molar-refractivity contribution in [3.63, 3.8) is 0 Å². The number of hydrogen-bond acceptors (Lipinski definition) is 21. The second kappa shape index (κ2) is 15.6. The van der Waals surface area contributed by atoms with E-state index in [1.54, 1.807) is 0 Å². The zero-order valence-corrected chi connectivity index (χ0v) is 23.5. The van der Waals surface area contributed by atoms with Crippen molar-refractivity contribution in [3.05, 3.63) is 0 Å². The van der Waals surface area contributed by atoms with Gasteiger partial charge in [-0.2, -0.15) is 0 Å². The van der Waals surface area contributed by atoms with Crippen molar-refractivity contribution in [3.8, 4) is 0 Å². The molecule has 21 nitrogen and oxygen atoms in total. The zero-order chi connectivity index (χ0) is 33.3. The van der Waals surface area contributed by atoms with Gasteiger partial charge >= 0.3 is 0 Å². The van der Waals surface area contributed by atoms with E-state index in [9.17, 15) is 71.5 Å². The molecule has 4 saturated heterocycles. The minimum absolute atomic E-state index is 0.695. The van der Waals surface area contributed by atoms with Crippen LogP contribution in [0, 0.1) is 0 Å². The van der Waals surface area contributed by atoms with E-state index < -0.39 is 149 Å². The lowest BCUT2D eigenvalue weighted by Gasteiger charge is -2.47. The lowest BCUT2D eigenvalue weighted by Crippen LogP contribution is -2.65. The molecule has 0 aromatic carbocycles. The normalized spacial score (nSPS) is 52.9. The number of aliphatic hydroxyl groups excluding tert-OH is 14. The lowest BCUT2D eigenvalue weighted by molar-refractivity contribution is -0.376. The molecule has 0 amide bonds. The molecule has 4 heterocycles. The van der Waals surface area contributed by atoms with Crippen LogP contribution in [-0.4, -0.2) is 221 Å². The van der Waals surface area contributed by atoms with Gasteiger partial charge in [-0.1, -0.05) is 0 Å². The first-order valence-electron chi connectivity index (χ1n) is 14.1. The maximum atomic E-state index is 11.0. The quantitative estimate of drug-likeness (QED) is 0.103. The standard InChI is InChI=1S/C24H42O21/c25-1-5-9(27)14(32)18(36)22(42-5)39-4-8-12(30)16(34)20(45-23-19(37)15(33)10(28)6(2-26)43-23)24(44-8)40-3-7-11(29)13(31)17(35)21(38)41-7/h5-38H,1-4H2/t5-,6-,7-,8-,9-,10-,11-,12-,13+,14+,15+,16+,17+,18+,19+,20+,21?,22+,23-,24+/m1/s1. The van der Waals surface area contributed by atoms with Crippen LogP contribution >= 0.6 is 0 Å². The van der Waals surface area contributed by atoms with E-state index in [1.807, 2.05) is 0 Å². The van der Waals surface area contributed by atoms with Crippen molar-refractivity contribution in [1.29, 1.82) is 0 Å². The third-order valence-electron chi connectivity index (χ3n) is 8.17. The van der Waals surface area contributed by atoms with Crippen LogP contribution in [0.3, 0.4) is 0 Å².